The van der Waals surface area contributed by atoms with Gasteiger partial charge in [0, 0.05) is 6.42 Å². The van der Waals surface area contributed by atoms with Crippen LogP contribution in [0.4, 0.5) is 0 Å². The summed E-state index contributed by atoms with van der Waals surface area (Å²) in [6.45, 7) is 5.70. The highest BCUT2D eigenvalue weighted by molar-refractivity contribution is 5.80. The summed E-state index contributed by atoms with van der Waals surface area (Å²) in [5.41, 5.74) is 0. The standard InChI is InChI=1S/C67H125NO10/c1-4-7-10-13-16-19-22-24-26-27-28-29-30-31-32-33-34-35-36-39-42-45-48-51-54-60(71)66(75)68-58(59(70)53-50-47-44-41-38-21-18-15-12-9-6-3)57-76-67-65(64(74)63(73)61(56-69)77-67)78-62(72)55-52-49-46-43-40-37-25-23-20-17-14-11-8-5-2/h8,11,17,20,50,53,58-61,63-65,67,69-71,73-74H,4-7,9-10,12-16,18-19,21-49,51-52,54-57H2,1-3H3,(H,68,75)/b11-8+,20-17+,53-50+. The summed E-state index contributed by atoms with van der Waals surface area (Å²) < 4.78 is 17.6. The maximum absolute atomic E-state index is 13.4. The summed E-state index contributed by atoms with van der Waals surface area (Å²) in [7, 11) is 0. The monoisotopic (exact) mass is 1100 g/mol. The Balaban J connectivity index is 2.56. The zero-order valence-corrected chi connectivity index (χ0v) is 50.8. The van der Waals surface area contributed by atoms with Gasteiger partial charge in [0.05, 0.1) is 25.4 Å². The van der Waals surface area contributed by atoms with Crippen molar-refractivity contribution in [3.63, 3.8) is 0 Å². The van der Waals surface area contributed by atoms with Crippen LogP contribution in [0.1, 0.15) is 316 Å². The molecule has 458 valence electrons. The first kappa shape index (κ1) is 73.9. The molecule has 78 heavy (non-hydrogen) atoms. The van der Waals surface area contributed by atoms with Gasteiger partial charge < -0.3 is 45.1 Å². The van der Waals surface area contributed by atoms with Gasteiger partial charge in [-0.3, -0.25) is 9.59 Å². The van der Waals surface area contributed by atoms with Gasteiger partial charge in [0.25, 0.3) is 0 Å². The van der Waals surface area contributed by atoms with E-state index in [9.17, 15) is 35.1 Å². The highest BCUT2D eigenvalue weighted by Gasteiger charge is 2.47. The second kappa shape index (κ2) is 55.4. The maximum Gasteiger partial charge on any atom is 0.306 e. The zero-order valence-electron chi connectivity index (χ0n) is 50.8. The third-order valence-electron chi connectivity index (χ3n) is 15.8. The summed E-state index contributed by atoms with van der Waals surface area (Å²) >= 11 is 0. The van der Waals surface area contributed by atoms with Crippen LogP contribution >= 0.6 is 0 Å². The molecule has 0 aromatic carbocycles. The number of nitrogens with one attached hydrogen (secondary N) is 1. The molecule has 6 N–H and O–H groups in total. The Morgan fingerprint density at radius 2 is 0.923 bits per heavy atom. The SMILES string of the molecule is CC/C=C/C/C=C/CCCCCCCCCC(=O)OC1C(OCC(NC(=O)C(O)CCCCCCCCCCCCCCCCCCCCCCCCCC)C(O)/C=C/CCCCCCCCCCC)OC(CO)C(O)C1O. The molecule has 0 spiro atoms. The average Bonchev–Trinajstić information content (AvgIpc) is 3.44. The van der Waals surface area contributed by atoms with Crippen molar-refractivity contribution in [2.75, 3.05) is 13.2 Å². The van der Waals surface area contributed by atoms with Gasteiger partial charge in [-0.05, 0) is 51.4 Å². The Hall–Kier alpha value is -2.12. The fourth-order valence-corrected chi connectivity index (χ4v) is 10.6. The van der Waals surface area contributed by atoms with Crippen molar-refractivity contribution >= 4 is 11.9 Å². The minimum Gasteiger partial charge on any atom is -0.454 e. The Bertz CT molecular complexity index is 1410. The van der Waals surface area contributed by atoms with E-state index in [4.69, 9.17) is 14.2 Å². The lowest BCUT2D eigenvalue weighted by Gasteiger charge is -2.41. The molecule has 0 saturated carbocycles. The van der Waals surface area contributed by atoms with Gasteiger partial charge >= 0.3 is 5.97 Å². The fourth-order valence-electron chi connectivity index (χ4n) is 10.6. The largest absolute Gasteiger partial charge is 0.454 e. The quantitative estimate of drug-likeness (QED) is 0.0195. The molecule has 1 heterocycles. The lowest BCUT2D eigenvalue weighted by Crippen LogP contribution is -2.61. The number of esters is 1. The van der Waals surface area contributed by atoms with Crippen LogP contribution in [-0.2, 0) is 23.8 Å². The molecule has 11 nitrogen and oxygen atoms in total. The van der Waals surface area contributed by atoms with E-state index in [0.717, 1.165) is 83.5 Å². The van der Waals surface area contributed by atoms with Crippen molar-refractivity contribution in [2.24, 2.45) is 0 Å². The van der Waals surface area contributed by atoms with Gasteiger partial charge in [-0.15, -0.1) is 0 Å². The molecule has 1 amide bonds. The van der Waals surface area contributed by atoms with E-state index < -0.39 is 67.4 Å². The maximum atomic E-state index is 13.4. The molecular weight excluding hydrogens is 979 g/mol. The molecule has 8 unspecified atom stereocenters. The summed E-state index contributed by atoms with van der Waals surface area (Å²) in [6.07, 6.45) is 56.3. The number of carbonyl (C=O) groups is 2. The van der Waals surface area contributed by atoms with E-state index in [1.807, 2.05) is 6.08 Å². The van der Waals surface area contributed by atoms with Crippen molar-refractivity contribution in [3.8, 4) is 0 Å². The van der Waals surface area contributed by atoms with Crippen molar-refractivity contribution in [2.45, 2.75) is 365 Å². The number of carbonyl (C=O) groups excluding carboxylic acids is 2. The zero-order chi connectivity index (χ0) is 56.8. The Kier molecular flexibility index (Phi) is 52.5. The molecule has 0 aromatic rings. The second-order valence-electron chi connectivity index (χ2n) is 23.2. The molecule has 11 heteroatoms. The van der Waals surface area contributed by atoms with Crippen LogP contribution in [0.2, 0.25) is 0 Å². The van der Waals surface area contributed by atoms with Crippen LogP contribution < -0.4 is 5.32 Å². The summed E-state index contributed by atoms with van der Waals surface area (Å²) in [5.74, 6) is -1.19. The van der Waals surface area contributed by atoms with Crippen LogP contribution in [0.3, 0.4) is 0 Å². The predicted octanol–water partition coefficient (Wildman–Crippen LogP) is 16.2. The second-order valence-corrected chi connectivity index (χ2v) is 23.2. The number of amides is 1. The number of allylic oxidation sites excluding steroid dienone is 5. The molecule has 0 aliphatic carbocycles. The van der Waals surface area contributed by atoms with Gasteiger partial charge in [0.15, 0.2) is 12.4 Å². The number of aliphatic hydroxyl groups is 5. The molecule has 8 atom stereocenters. The van der Waals surface area contributed by atoms with Crippen LogP contribution in [0.15, 0.2) is 36.5 Å². The highest BCUT2D eigenvalue weighted by atomic mass is 16.7. The molecular formula is C67H125NO10. The van der Waals surface area contributed by atoms with E-state index in [2.05, 4.69) is 50.4 Å². The summed E-state index contributed by atoms with van der Waals surface area (Å²) in [6, 6.07) is -1.02. The van der Waals surface area contributed by atoms with Crippen molar-refractivity contribution in [3.05, 3.63) is 36.5 Å². The van der Waals surface area contributed by atoms with Crippen molar-refractivity contribution < 1.29 is 49.3 Å². The molecule has 1 saturated heterocycles. The van der Waals surface area contributed by atoms with E-state index >= 15 is 0 Å². The summed E-state index contributed by atoms with van der Waals surface area (Å²) in [4.78, 5) is 26.5. The molecule has 0 radical (unpaired) electrons. The third-order valence-corrected chi connectivity index (χ3v) is 15.8. The lowest BCUT2D eigenvalue weighted by molar-refractivity contribution is -0.305. The average molecular weight is 1100 g/mol. The smallest absolute Gasteiger partial charge is 0.306 e. The molecule has 1 aliphatic heterocycles. The molecule has 1 rings (SSSR count). The fraction of sp³-hybridized carbons (Fsp3) is 0.881. The number of aliphatic hydroxyl groups excluding tert-OH is 5. The molecule has 1 aliphatic rings. The van der Waals surface area contributed by atoms with Gasteiger partial charge in [0.2, 0.25) is 5.91 Å². The van der Waals surface area contributed by atoms with Crippen molar-refractivity contribution in [1.82, 2.24) is 5.32 Å². The van der Waals surface area contributed by atoms with Gasteiger partial charge in [-0.1, -0.05) is 295 Å². The van der Waals surface area contributed by atoms with E-state index in [1.54, 1.807) is 6.08 Å². The highest BCUT2D eigenvalue weighted by Crippen LogP contribution is 2.26. The number of unbranched alkanes of at least 4 members (excludes halogenated alkanes) is 39. The predicted molar refractivity (Wildman–Crippen MR) is 324 cm³/mol. The minimum absolute atomic E-state index is 0.116. The van der Waals surface area contributed by atoms with E-state index in [-0.39, 0.29) is 13.0 Å². The summed E-state index contributed by atoms with van der Waals surface area (Å²) in [5, 5.41) is 57.0. The first-order valence-corrected chi connectivity index (χ1v) is 33.3. The number of hydrogen-bond donors (Lipinski definition) is 6. The first-order chi connectivity index (χ1) is 38.2. The van der Waals surface area contributed by atoms with Crippen LogP contribution in [0.25, 0.3) is 0 Å². The lowest BCUT2D eigenvalue weighted by atomic mass is 9.99. The number of ether oxygens (including phenoxy) is 3. The van der Waals surface area contributed by atoms with E-state index in [0.29, 0.717) is 19.3 Å². The van der Waals surface area contributed by atoms with Gasteiger partial charge in [-0.25, -0.2) is 0 Å². The minimum atomic E-state index is -1.61. The third kappa shape index (κ3) is 42.7. The Morgan fingerprint density at radius 1 is 0.513 bits per heavy atom. The normalized spacial score (nSPS) is 19.1. The molecule has 0 bridgehead atoms. The molecule has 0 aromatic heterocycles. The Morgan fingerprint density at radius 3 is 1.37 bits per heavy atom. The van der Waals surface area contributed by atoms with Crippen LogP contribution in [0, 0.1) is 0 Å². The van der Waals surface area contributed by atoms with Gasteiger partial charge in [0.1, 0.15) is 24.4 Å². The molecule has 1 fully saturated rings. The van der Waals surface area contributed by atoms with Crippen LogP contribution in [-0.4, -0.2) is 99.6 Å². The van der Waals surface area contributed by atoms with Crippen molar-refractivity contribution in [1.29, 1.82) is 0 Å². The van der Waals surface area contributed by atoms with E-state index in [1.165, 1.54) is 186 Å². The first-order valence-electron chi connectivity index (χ1n) is 33.3. The Labute approximate surface area is 479 Å². The van der Waals surface area contributed by atoms with Crippen LogP contribution in [0.5, 0.6) is 0 Å². The topological polar surface area (TPSA) is 175 Å². The number of rotatable bonds is 57. The number of hydrogen-bond acceptors (Lipinski definition) is 10. The van der Waals surface area contributed by atoms with Gasteiger partial charge in [-0.2, -0.15) is 0 Å².